The van der Waals surface area contributed by atoms with Crippen molar-refractivity contribution in [2.75, 3.05) is 0 Å². The molecule has 0 aromatic heterocycles. The topological polar surface area (TPSA) is 23.8 Å². The monoisotopic (exact) mass is 273 g/mol. The van der Waals surface area contributed by atoms with Gasteiger partial charge in [0, 0.05) is 14.8 Å². The molecule has 0 amide bonds. The highest BCUT2D eigenvalue weighted by Crippen LogP contribution is 2.30. The molecule has 0 saturated heterocycles. The average Bonchev–Trinajstić information content (AvgIpc) is 2.41. The number of nitrogens with zero attached hydrogens (tertiary/aromatic N) is 1. The Kier molecular flexibility index (Phi) is 4.30. The Hall–Kier alpha value is -1.43. The summed E-state index contributed by atoms with van der Waals surface area (Å²) < 4.78 is 0. The lowest BCUT2D eigenvalue weighted by Crippen LogP contribution is -1.87. The van der Waals surface area contributed by atoms with Crippen molar-refractivity contribution in [2.24, 2.45) is 0 Å². The molecule has 0 bridgehead atoms. The van der Waals surface area contributed by atoms with E-state index in [0.717, 1.165) is 32.4 Å². The molecule has 0 spiro atoms. The molecule has 0 radical (unpaired) electrons. The normalized spacial score (nSPS) is 10.1. The molecule has 0 N–H and O–H groups in total. The van der Waals surface area contributed by atoms with E-state index in [1.807, 2.05) is 36.4 Å². The summed E-state index contributed by atoms with van der Waals surface area (Å²) in [6.07, 6.45) is 0.873. The molecule has 2 rings (SSSR count). The van der Waals surface area contributed by atoms with Gasteiger partial charge in [0.15, 0.2) is 0 Å². The van der Waals surface area contributed by atoms with E-state index in [1.54, 1.807) is 11.8 Å². The van der Waals surface area contributed by atoms with E-state index in [9.17, 15) is 0 Å². The second kappa shape index (κ2) is 5.95. The third kappa shape index (κ3) is 3.07. The molecule has 0 fully saturated rings. The van der Waals surface area contributed by atoms with Gasteiger partial charge in [-0.15, -0.1) is 0 Å². The summed E-state index contributed by atoms with van der Waals surface area (Å²) >= 11 is 7.53. The van der Waals surface area contributed by atoms with Crippen LogP contribution in [0.2, 0.25) is 5.02 Å². The number of rotatable bonds is 3. The van der Waals surface area contributed by atoms with Gasteiger partial charge in [-0.25, -0.2) is 0 Å². The quantitative estimate of drug-likeness (QED) is 0.792. The second-order valence-electron chi connectivity index (χ2n) is 3.84. The molecular formula is C15H12ClNS. The smallest absolute Gasteiger partial charge is 0.0994 e. The molecule has 0 atom stereocenters. The fourth-order valence-electron chi connectivity index (χ4n) is 1.67. The van der Waals surface area contributed by atoms with E-state index in [2.05, 4.69) is 19.1 Å². The van der Waals surface area contributed by atoms with Crippen molar-refractivity contribution in [1.29, 1.82) is 5.26 Å². The standard InChI is InChI=1S/C15H12ClNS/c1-2-11-9-15(6-3-12(11)10-17)18-14-7-4-13(16)5-8-14/h3-9H,2H2,1H3. The van der Waals surface area contributed by atoms with Gasteiger partial charge >= 0.3 is 0 Å². The van der Waals surface area contributed by atoms with Crippen molar-refractivity contribution >= 4 is 23.4 Å². The van der Waals surface area contributed by atoms with Crippen LogP contribution in [0.25, 0.3) is 0 Å². The Morgan fingerprint density at radius 2 is 1.78 bits per heavy atom. The van der Waals surface area contributed by atoms with Crippen molar-refractivity contribution in [3.05, 3.63) is 58.6 Å². The molecule has 0 aliphatic rings. The fraction of sp³-hybridized carbons (Fsp3) is 0.133. The summed E-state index contributed by atoms with van der Waals surface area (Å²) in [6, 6.07) is 15.9. The van der Waals surface area contributed by atoms with E-state index >= 15 is 0 Å². The van der Waals surface area contributed by atoms with Crippen LogP contribution in [0.1, 0.15) is 18.1 Å². The van der Waals surface area contributed by atoms with Gasteiger partial charge in [-0.3, -0.25) is 0 Å². The van der Waals surface area contributed by atoms with Crippen molar-refractivity contribution in [1.82, 2.24) is 0 Å². The molecule has 18 heavy (non-hydrogen) atoms. The second-order valence-corrected chi connectivity index (χ2v) is 5.42. The molecule has 2 aromatic carbocycles. The van der Waals surface area contributed by atoms with Gasteiger partial charge in [-0.2, -0.15) is 5.26 Å². The van der Waals surface area contributed by atoms with E-state index < -0.39 is 0 Å². The van der Waals surface area contributed by atoms with E-state index in [0.29, 0.717) is 0 Å². The van der Waals surface area contributed by atoms with Crippen LogP contribution in [-0.2, 0) is 6.42 Å². The predicted molar refractivity (Wildman–Crippen MR) is 76.1 cm³/mol. The maximum atomic E-state index is 8.99. The van der Waals surface area contributed by atoms with Gasteiger partial charge in [-0.05, 0) is 54.4 Å². The number of hydrogen-bond acceptors (Lipinski definition) is 2. The van der Waals surface area contributed by atoms with Crippen LogP contribution in [0.3, 0.4) is 0 Å². The first kappa shape index (κ1) is 13.0. The SMILES string of the molecule is CCc1cc(Sc2ccc(Cl)cc2)ccc1C#N. The molecule has 0 aliphatic heterocycles. The Balaban J connectivity index is 2.25. The maximum absolute atomic E-state index is 8.99. The summed E-state index contributed by atoms with van der Waals surface area (Å²) in [6.45, 7) is 2.06. The number of halogens is 1. The summed E-state index contributed by atoms with van der Waals surface area (Å²) in [7, 11) is 0. The number of nitriles is 1. The lowest BCUT2D eigenvalue weighted by Gasteiger charge is -2.05. The highest BCUT2D eigenvalue weighted by Gasteiger charge is 2.03. The average molecular weight is 274 g/mol. The molecule has 3 heteroatoms. The first-order valence-corrected chi connectivity index (χ1v) is 6.89. The van der Waals surface area contributed by atoms with Crippen molar-refractivity contribution in [2.45, 2.75) is 23.1 Å². The third-order valence-corrected chi connectivity index (χ3v) is 3.88. The number of hydrogen-bond donors (Lipinski definition) is 0. The molecule has 0 unspecified atom stereocenters. The lowest BCUT2D eigenvalue weighted by molar-refractivity contribution is 1.11. The van der Waals surface area contributed by atoms with Gasteiger partial charge in [0.2, 0.25) is 0 Å². The predicted octanol–water partition coefficient (Wildman–Crippen LogP) is 4.93. The zero-order valence-electron chi connectivity index (χ0n) is 9.98. The minimum absolute atomic E-state index is 0.744. The number of aryl methyl sites for hydroxylation is 1. The van der Waals surface area contributed by atoms with Gasteiger partial charge in [0.1, 0.15) is 0 Å². The third-order valence-electron chi connectivity index (χ3n) is 2.63. The van der Waals surface area contributed by atoms with Gasteiger partial charge in [0.25, 0.3) is 0 Å². The summed E-state index contributed by atoms with van der Waals surface area (Å²) in [5.74, 6) is 0. The van der Waals surface area contributed by atoms with Crippen LogP contribution in [0.5, 0.6) is 0 Å². The zero-order chi connectivity index (χ0) is 13.0. The Morgan fingerprint density at radius 3 is 2.39 bits per heavy atom. The fourth-order valence-corrected chi connectivity index (χ4v) is 2.68. The minimum Gasteiger partial charge on any atom is -0.192 e. The number of benzene rings is 2. The van der Waals surface area contributed by atoms with Crippen LogP contribution in [0.4, 0.5) is 0 Å². The van der Waals surface area contributed by atoms with Crippen molar-refractivity contribution in [3.63, 3.8) is 0 Å². The lowest BCUT2D eigenvalue weighted by atomic mass is 10.1. The molecule has 0 saturated carbocycles. The first-order valence-electron chi connectivity index (χ1n) is 5.69. The molecular weight excluding hydrogens is 262 g/mol. The summed E-state index contributed by atoms with van der Waals surface area (Å²) in [5, 5.41) is 9.73. The highest BCUT2D eigenvalue weighted by molar-refractivity contribution is 7.99. The molecule has 2 aromatic rings. The molecule has 0 heterocycles. The molecule has 0 aliphatic carbocycles. The van der Waals surface area contributed by atoms with Crippen LogP contribution >= 0.6 is 23.4 Å². The van der Waals surface area contributed by atoms with Crippen LogP contribution in [0, 0.1) is 11.3 Å². The minimum atomic E-state index is 0.744. The van der Waals surface area contributed by atoms with Gasteiger partial charge in [0.05, 0.1) is 11.6 Å². The zero-order valence-corrected chi connectivity index (χ0v) is 11.6. The van der Waals surface area contributed by atoms with Crippen molar-refractivity contribution < 1.29 is 0 Å². The van der Waals surface area contributed by atoms with Crippen molar-refractivity contribution in [3.8, 4) is 6.07 Å². The van der Waals surface area contributed by atoms with Crippen LogP contribution < -0.4 is 0 Å². The van der Waals surface area contributed by atoms with Gasteiger partial charge < -0.3 is 0 Å². The Labute approximate surface area is 116 Å². The van der Waals surface area contributed by atoms with Crippen LogP contribution in [-0.4, -0.2) is 0 Å². The van der Waals surface area contributed by atoms with Crippen LogP contribution in [0.15, 0.2) is 52.3 Å². The van der Waals surface area contributed by atoms with E-state index in [1.165, 1.54) is 0 Å². The van der Waals surface area contributed by atoms with E-state index in [4.69, 9.17) is 16.9 Å². The Bertz CT molecular complexity index is 584. The molecule has 1 nitrogen and oxygen atoms in total. The highest BCUT2D eigenvalue weighted by atomic mass is 35.5. The maximum Gasteiger partial charge on any atom is 0.0994 e. The Morgan fingerprint density at radius 1 is 1.11 bits per heavy atom. The first-order chi connectivity index (χ1) is 8.72. The van der Waals surface area contributed by atoms with Gasteiger partial charge in [-0.1, -0.05) is 30.3 Å². The molecule has 90 valence electrons. The van der Waals surface area contributed by atoms with E-state index in [-0.39, 0.29) is 0 Å². The summed E-state index contributed by atoms with van der Waals surface area (Å²) in [4.78, 5) is 2.29. The largest absolute Gasteiger partial charge is 0.192 e. The summed E-state index contributed by atoms with van der Waals surface area (Å²) in [5.41, 5.74) is 1.86.